The molecule has 1 N–H and O–H groups in total. The number of aromatic nitrogens is 3. The Kier molecular flexibility index (Phi) is 3.34. The maximum absolute atomic E-state index is 11.8. The number of aryl methyl sites for hydroxylation is 1. The summed E-state index contributed by atoms with van der Waals surface area (Å²) >= 11 is 0. The van der Waals surface area contributed by atoms with Gasteiger partial charge in [0.1, 0.15) is 5.82 Å². The second-order valence-electron chi connectivity index (χ2n) is 6.94. The van der Waals surface area contributed by atoms with Crippen LogP contribution in [0.15, 0.2) is 42.7 Å². The Morgan fingerprint density at radius 3 is 2.88 bits per heavy atom. The van der Waals surface area contributed by atoms with Gasteiger partial charge in [0.15, 0.2) is 0 Å². The van der Waals surface area contributed by atoms with Crippen molar-refractivity contribution in [2.75, 3.05) is 36.0 Å². The van der Waals surface area contributed by atoms with Crippen molar-refractivity contribution in [2.24, 2.45) is 0 Å². The Morgan fingerprint density at radius 2 is 2.08 bits per heavy atom. The number of fused-ring (bicyclic) bond motifs is 1. The molecule has 0 unspecified atom stereocenters. The molecule has 132 valence electrons. The molecule has 3 aromatic rings. The van der Waals surface area contributed by atoms with Gasteiger partial charge in [0.05, 0.1) is 23.4 Å². The summed E-state index contributed by atoms with van der Waals surface area (Å²) < 4.78 is 1.96. The van der Waals surface area contributed by atoms with E-state index in [4.69, 9.17) is 4.98 Å². The Bertz CT molecular complexity index is 991. The van der Waals surface area contributed by atoms with Gasteiger partial charge < -0.3 is 10.2 Å². The second-order valence-corrected chi connectivity index (χ2v) is 6.94. The van der Waals surface area contributed by atoms with E-state index in [-0.39, 0.29) is 6.03 Å². The number of urea groups is 1. The lowest BCUT2D eigenvalue weighted by molar-refractivity contribution is 0.252. The number of amides is 2. The van der Waals surface area contributed by atoms with E-state index < -0.39 is 0 Å². The summed E-state index contributed by atoms with van der Waals surface area (Å²) in [6, 6.07) is 10.7. The molecule has 1 aromatic carbocycles. The van der Waals surface area contributed by atoms with Gasteiger partial charge in [0, 0.05) is 37.8 Å². The number of hydrogen-bond acceptors (Lipinski definition) is 4. The summed E-state index contributed by atoms with van der Waals surface area (Å²) in [5.74, 6) is 1.02. The first-order valence-corrected chi connectivity index (χ1v) is 8.90. The minimum absolute atomic E-state index is 0.0457. The van der Waals surface area contributed by atoms with Crippen LogP contribution in [0.25, 0.3) is 10.9 Å². The van der Waals surface area contributed by atoms with Gasteiger partial charge in [-0.3, -0.25) is 9.58 Å². The Balaban J connectivity index is 1.32. The molecule has 2 aliphatic rings. The van der Waals surface area contributed by atoms with Gasteiger partial charge >= 0.3 is 6.03 Å². The minimum atomic E-state index is -0.0457. The first-order chi connectivity index (χ1) is 12.7. The van der Waals surface area contributed by atoms with Crippen molar-refractivity contribution in [3.05, 3.63) is 48.3 Å². The number of anilines is 2. The number of carbonyl (C=O) groups excluding carboxylic acids is 1. The number of para-hydroxylation sites is 1. The van der Waals surface area contributed by atoms with E-state index >= 15 is 0 Å². The summed E-state index contributed by atoms with van der Waals surface area (Å²) in [5.41, 5.74) is 3.14. The van der Waals surface area contributed by atoms with Crippen molar-refractivity contribution in [3.63, 3.8) is 0 Å². The van der Waals surface area contributed by atoms with Crippen LogP contribution in [0.3, 0.4) is 0 Å². The molecule has 0 radical (unpaired) electrons. The molecule has 0 atom stereocenters. The standard InChI is InChI=1S/C19H20N6O/c1-13-8-18(22-17-5-3-2-4-16(13)17)23-10-15(11-23)25-12-14(9-21-25)24-7-6-20-19(24)26/h2-5,8-9,12,15H,6-7,10-11H2,1H3,(H,20,26). The van der Waals surface area contributed by atoms with Crippen LogP contribution in [0.4, 0.5) is 16.3 Å². The molecule has 2 saturated heterocycles. The summed E-state index contributed by atoms with van der Waals surface area (Å²) in [7, 11) is 0. The average molecular weight is 348 g/mol. The zero-order valence-electron chi connectivity index (χ0n) is 14.6. The van der Waals surface area contributed by atoms with Gasteiger partial charge in [-0.2, -0.15) is 5.10 Å². The zero-order valence-corrected chi connectivity index (χ0v) is 14.6. The van der Waals surface area contributed by atoms with Gasteiger partial charge in [-0.15, -0.1) is 0 Å². The van der Waals surface area contributed by atoms with Gasteiger partial charge in [0.25, 0.3) is 0 Å². The first-order valence-electron chi connectivity index (χ1n) is 8.90. The highest BCUT2D eigenvalue weighted by Gasteiger charge is 2.31. The normalized spacial score (nSPS) is 17.7. The fourth-order valence-corrected chi connectivity index (χ4v) is 3.69. The summed E-state index contributed by atoms with van der Waals surface area (Å²) in [5, 5.41) is 8.48. The number of pyridine rings is 1. The van der Waals surface area contributed by atoms with Crippen LogP contribution in [0, 0.1) is 6.92 Å². The third kappa shape index (κ3) is 2.39. The van der Waals surface area contributed by atoms with E-state index in [0.29, 0.717) is 19.1 Å². The maximum atomic E-state index is 11.8. The van der Waals surface area contributed by atoms with Crippen molar-refractivity contribution >= 4 is 28.4 Å². The predicted molar refractivity (Wildman–Crippen MR) is 101 cm³/mol. The van der Waals surface area contributed by atoms with Crippen LogP contribution in [-0.2, 0) is 0 Å². The summed E-state index contributed by atoms with van der Waals surface area (Å²) in [4.78, 5) is 20.6. The first kappa shape index (κ1) is 15.2. The molecular weight excluding hydrogens is 328 g/mol. The van der Waals surface area contributed by atoms with Crippen LogP contribution in [-0.4, -0.2) is 47.0 Å². The largest absolute Gasteiger partial charge is 0.352 e. The third-order valence-electron chi connectivity index (χ3n) is 5.23. The van der Waals surface area contributed by atoms with E-state index in [2.05, 4.69) is 40.4 Å². The molecule has 0 spiro atoms. The van der Waals surface area contributed by atoms with Crippen LogP contribution < -0.4 is 15.1 Å². The Morgan fingerprint density at radius 1 is 1.23 bits per heavy atom. The molecule has 2 amide bonds. The fraction of sp³-hybridized carbons (Fsp3) is 0.316. The molecule has 4 heterocycles. The SMILES string of the molecule is Cc1cc(N2CC(n3cc(N4CCNC4=O)cn3)C2)nc2ccccc12. The molecular formula is C19H20N6O. The van der Waals surface area contributed by atoms with Crippen LogP contribution in [0.5, 0.6) is 0 Å². The molecule has 7 heteroatoms. The van der Waals surface area contributed by atoms with E-state index in [1.807, 2.05) is 23.0 Å². The number of nitrogens with zero attached hydrogens (tertiary/aromatic N) is 5. The highest BCUT2D eigenvalue weighted by Crippen LogP contribution is 2.30. The monoisotopic (exact) mass is 348 g/mol. The lowest BCUT2D eigenvalue weighted by Crippen LogP contribution is -2.48. The van der Waals surface area contributed by atoms with Crippen molar-refractivity contribution in [1.29, 1.82) is 0 Å². The predicted octanol–water partition coefficient (Wildman–Crippen LogP) is 2.33. The van der Waals surface area contributed by atoms with E-state index in [1.54, 1.807) is 11.1 Å². The van der Waals surface area contributed by atoms with Crippen molar-refractivity contribution in [1.82, 2.24) is 20.1 Å². The van der Waals surface area contributed by atoms with Crippen molar-refractivity contribution in [3.8, 4) is 0 Å². The quantitative estimate of drug-likeness (QED) is 0.789. The van der Waals surface area contributed by atoms with Gasteiger partial charge in [-0.1, -0.05) is 18.2 Å². The van der Waals surface area contributed by atoms with Crippen LogP contribution >= 0.6 is 0 Å². The smallest absolute Gasteiger partial charge is 0.322 e. The van der Waals surface area contributed by atoms with E-state index in [1.165, 1.54) is 10.9 Å². The summed E-state index contributed by atoms with van der Waals surface area (Å²) in [6.07, 6.45) is 3.73. The highest BCUT2D eigenvalue weighted by atomic mass is 16.2. The molecule has 0 aliphatic carbocycles. The Labute approximate surface area is 151 Å². The highest BCUT2D eigenvalue weighted by molar-refractivity contribution is 5.93. The van der Waals surface area contributed by atoms with Gasteiger partial charge in [-0.25, -0.2) is 9.78 Å². The van der Waals surface area contributed by atoms with Crippen molar-refractivity contribution < 1.29 is 4.79 Å². The topological polar surface area (TPSA) is 66.3 Å². The zero-order chi connectivity index (χ0) is 17.7. The molecule has 0 bridgehead atoms. The number of nitrogens with one attached hydrogen (secondary N) is 1. The molecule has 26 heavy (non-hydrogen) atoms. The number of hydrogen-bond donors (Lipinski definition) is 1. The van der Waals surface area contributed by atoms with Gasteiger partial charge in [-0.05, 0) is 24.6 Å². The Hall–Kier alpha value is -3.09. The molecule has 7 nitrogen and oxygen atoms in total. The lowest BCUT2D eigenvalue weighted by Gasteiger charge is -2.40. The number of carbonyl (C=O) groups is 1. The molecule has 0 saturated carbocycles. The lowest BCUT2D eigenvalue weighted by atomic mass is 10.1. The van der Waals surface area contributed by atoms with Crippen molar-refractivity contribution in [2.45, 2.75) is 13.0 Å². The van der Waals surface area contributed by atoms with Crippen LogP contribution in [0.2, 0.25) is 0 Å². The van der Waals surface area contributed by atoms with E-state index in [0.717, 1.165) is 30.1 Å². The van der Waals surface area contributed by atoms with Crippen LogP contribution in [0.1, 0.15) is 11.6 Å². The molecule has 2 fully saturated rings. The van der Waals surface area contributed by atoms with Gasteiger partial charge in [0.2, 0.25) is 0 Å². The van der Waals surface area contributed by atoms with E-state index in [9.17, 15) is 4.79 Å². The third-order valence-corrected chi connectivity index (χ3v) is 5.23. The molecule has 5 rings (SSSR count). The molecule has 2 aliphatic heterocycles. The fourth-order valence-electron chi connectivity index (χ4n) is 3.69. The minimum Gasteiger partial charge on any atom is -0.352 e. The average Bonchev–Trinajstić information content (AvgIpc) is 3.22. The second kappa shape index (κ2) is 5.72. The molecule has 2 aromatic heterocycles. The number of rotatable bonds is 3. The number of benzene rings is 1. The maximum Gasteiger partial charge on any atom is 0.322 e. The summed E-state index contributed by atoms with van der Waals surface area (Å²) in [6.45, 7) is 5.26.